The van der Waals surface area contributed by atoms with Crippen LogP contribution in [-0.2, 0) is 7.05 Å². The Kier molecular flexibility index (Phi) is 4.22. The second-order valence-electron chi connectivity index (χ2n) is 8.35. The molecule has 6 rings (SSSR count). The van der Waals surface area contributed by atoms with Crippen LogP contribution in [0.3, 0.4) is 0 Å². The molecule has 5 aromatic rings. The third-order valence-corrected chi connectivity index (χ3v) is 6.33. The molecule has 1 aliphatic heterocycles. The molecule has 0 bridgehead atoms. The number of aryl methyl sites for hydroxylation is 1. The Hall–Kier alpha value is -3.79. The molecule has 0 atom stereocenters. The summed E-state index contributed by atoms with van der Waals surface area (Å²) in [6.45, 7) is 5.95. The number of piperazine rings is 1. The van der Waals surface area contributed by atoms with Gasteiger partial charge < -0.3 is 19.4 Å². The zero-order valence-corrected chi connectivity index (χ0v) is 18.3. The minimum absolute atomic E-state index is 0.681. The molecular formula is C22H24N10. The van der Waals surface area contributed by atoms with E-state index in [1.54, 1.807) is 0 Å². The highest BCUT2D eigenvalue weighted by Crippen LogP contribution is 2.31. The molecule has 5 aromatic heterocycles. The van der Waals surface area contributed by atoms with E-state index in [0.717, 1.165) is 71.1 Å². The van der Waals surface area contributed by atoms with Crippen molar-refractivity contribution in [3.05, 3.63) is 36.5 Å². The van der Waals surface area contributed by atoms with E-state index in [4.69, 9.17) is 9.97 Å². The van der Waals surface area contributed by atoms with Gasteiger partial charge in [-0.2, -0.15) is 5.10 Å². The van der Waals surface area contributed by atoms with Crippen LogP contribution in [0.5, 0.6) is 0 Å². The molecule has 1 fully saturated rings. The Morgan fingerprint density at radius 1 is 0.906 bits per heavy atom. The van der Waals surface area contributed by atoms with Crippen LogP contribution < -0.4 is 4.90 Å². The fourth-order valence-electron chi connectivity index (χ4n) is 4.26. The van der Waals surface area contributed by atoms with Gasteiger partial charge in [0.1, 0.15) is 16.9 Å². The zero-order valence-electron chi connectivity index (χ0n) is 18.3. The highest BCUT2D eigenvalue weighted by Gasteiger charge is 2.21. The molecule has 6 heterocycles. The van der Waals surface area contributed by atoms with E-state index in [2.05, 4.69) is 42.0 Å². The number of fused-ring (bicyclic) bond motifs is 2. The predicted octanol–water partition coefficient (Wildman–Crippen LogP) is 2.36. The van der Waals surface area contributed by atoms with Gasteiger partial charge in [0.2, 0.25) is 0 Å². The third kappa shape index (κ3) is 2.94. The predicted molar refractivity (Wildman–Crippen MR) is 123 cm³/mol. The maximum Gasteiger partial charge on any atom is 0.161 e. The minimum atomic E-state index is 0.681. The summed E-state index contributed by atoms with van der Waals surface area (Å²) in [6, 6.07) is 3.98. The molecule has 1 aliphatic rings. The zero-order chi connectivity index (χ0) is 21.8. The lowest BCUT2D eigenvalue weighted by Gasteiger charge is -2.33. The van der Waals surface area contributed by atoms with Crippen molar-refractivity contribution in [3.8, 4) is 22.9 Å². The number of nitrogens with one attached hydrogen (secondary N) is 2. The molecule has 2 N–H and O–H groups in total. The lowest BCUT2D eigenvalue weighted by Crippen LogP contribution is -2.44. The van der Waals surface area contributed by atoms with Crippen LogP contribution in [0.2, 0.25) is 0 Å². The first kappa shape index (κ1) is 18.9. The molecule has 0 aliphatic carbocycles. The minimum Gasteiger partial charge on any atom is -0.366 e. The monoisotopic (exact) mass is 428 g/mol. The van der Waals surface area contributed by atoms with Crippen LogP contribution in [0, 0.1) is 6.92 Å². The Morgan fingerprint density at radius 2 is 1.75 bits per heavy atom. The fourth-order valence-corrected chi connectivity index (χ4v) is 4.26. The van der Waals surface area contributed by atoms with Gasteiger partial charge in [-0.3, -0.25) is 10.1 Å². The summed E-state index contributed by atoms with van der Waals surface area (Å²) in [5.41, 5.74) is 7.00. The second kappa shape index (κ2) is 7.13. The number of imidazole rings is 2. The molecule has 0 spiro atoms. The van der Waals surface area contributed by atoms with E-state index < -0.39 is 0 Å². The molecule has 1 saturated heterocycles. The van der Waals surface area contributed by atoms with Crippen molar-refractivity contribution >= 4 is 27.8 Å². The van der Waals surface area contributed by atoms with Crippen molar-refractivity contribution in [1.29, 1.82) is 0 Å². The van der Waals surface area contributed by atoms with Crippen molar-refractivity contribution < 1.29 is 0 Å². The summed E-state index contributed by atoms with van der Waals surface area (Å²) in [5.74, 6) is 1.62. The molecule has 0 unspecified atom stereocenters. The van der Waals surface area contributed by atoms with E-state index in [-0.39, 0.29) is 0 Å². The van der Waals surface area contributed by atoms with E-state index in [1.807, 2.05) is 49.3 Å². The van der Waals surface area contributed by atoms with Crippen molar-refractivity contribution in [2.75, 3.05) is 38.1 Å². The number of pyridine rings is 2. The number of anilines is 1. The van der Waals surface area contributed by atoms with Gasteiger partial charge in [0.15, 0.2) is 11.5 Å². The normalized spacial score (nSPS) is 15.3. The standard InChI is InChI=1S/C22H24N10/c1-13-24-12-17(31(13)3)14-4-5-15-20(25-14)21(29-28-15)22-26-16-10-23-11-18(19(16)27-22)32-8-6-30(2)7-9-32/h4-5,10-12H,6-9H2,1-3H3,(H,26,27)(H,28,29). The summed E-state index contributed by atoms with van der Waals surface area (Å²) in [7, 11) is 4.14. The number of H-pyrrole nitrogens is 2. The SMILES string of the molecule is Cc1ncc(-c2ccc3[nH]nc(-c4nc5c(N6CCN(C)CC6)cncc5[nH]4)c3n2)n1C. The summed E-state index contributed by atoms with van der Waals surface area (Å²) < 4.78 is 2.03. The van der Waals surface area contributed by atoms with E-state index in [1.165, 1.54) is 0 Å². The highest BCUT2D eigenvalue weighted by atomic mass is 15.3. The fraction of sp³-hybridized carbons (Fsp3) is 0.318. The Bertz CT molecular complexity index is 1430. The van der Waals surface area contributed by atoms with E-state index >= 15 is 0 Å². The van der Waals surface area contributed by atoms with Gasteiger partial charge in [-0.15, -0.1) is 0 Å². The summed E-state index contributed by atoms with van der Waals surface area (Å²) >= 11 is 0. The largest absolute Gasteiger partial charge is 0.366 e. The third-order valence-electron chi connectivity index (χ3n) is 6.33. The number of aromatic nitrogens is 8. The number of nitrogens with zero attached hydrogens (tertiary/aromatic N) is 8. The second-order valence-corrected chi connectivity index (χ2v) is 8.35. The highest BCUT2D eigenvalue weighted by molar-refractivity contribution is 5.94. The van der Waals surface area contributed by atoms with Crippen molar-refractivity contribution in [2.24, 2.45) is 7.05 Å². The smallest absolute Gasteiger partial charge is 0.161 e. The molecular weight excluding hydrogens is 404 g/mol. The van der Waals surface area contributed by atoms with Gasteiger partial charge in [0, 0.05) is 33.2 Å². The average Bonchev–Trinajstić information content (AvgIpc) is 3.50. The summed E-state index contributed by atoms with van der Waals surface area (Å²) in [4.78, 5) is 26.8. The van der Waals surface area contributed by atoms with Gasteiger partial charge in [0.05, 0.1) is 46.7 Å². The number of aromatic amines is 2. The first-order chi connectivity index (χ1) is 15.6. The van der Waals surface area contributed by atoms with E-state index in [9.17, 15) is 0 Å². The number of hydrogen-bond donors (Lipinski definition) is 2. The molecule has 0 aromatic carbocycles. The van der Waals surface area contributed by atoms with Crippen molar-refractivity contribution in [2.45, 2.75) is 6.92 Å². The lowest BCUT2D eigenvalue weighted by molar-refractivity contribution is 0.313. The van der Waals surface area contributed by atoms with Gasteiger partial charge in [-0.25, -0.2) is 15.0 Å². The molecule has 10 nitrogen and oxygen atoms in total. The maximum atomic E-state index is 4.93. The molecule has 32 heavy (non-hydrogen) atoms. The van der Waals surface area contributed by atoms with Crippen LogP contribution in [0.4, 0.5) is 5.69 Å². The Labute approximate surface area is 184 Å². The molecule has 162 valence electrons. The lowest BCUT2D eigenvalue weighted by atomic mass is 10.2. The van der Waals surface area contributed by atoms with Gasteiger partial charge in [0.25, 0.3) is 0 Å². The van der Waals surface area contributed by atoms with Crippen LogP contribution in [0.25, 0.3) is 45.0 Å². The molecule has 10 heteroatoms. The first-order valence-electron chi connectivity index (χ1n) is 10.7. The van der Waals surface area contributed by atoms with Crippen LogP contribution in [0.15, 0.2) is 30.7 Å². The first-order valence-corrected chi connectivity index (χ1v) is 10.7. The number of likely N-dealkylation sites (N-methyl/N-ethyl adjacent to an activating group) is 1. The van der Waals surface area contributed by atoms with Gasteiger partial charge in [-0.05, 0) is 26.1 Å². The average molecular weight is 429 g/mol. The van der Waals surface area contributed by atoms with Crippen LogP contribution >= 0.6 is 0 Å². The van der Waals surface area contributed by atoms with Crippen LogP contribution in [0.1, 0.15) is 5.82 Å². The Balaban J connectivity index is 1.45. The maximum absolute atomic E-state index is 4.93. The molecule has 0 saturated carbocycles. The number of rotatable bonds is 3. The van der Waals surface area contributed by atoms with Crippen LogP contribution in [-0.4, -0.2) is 77.8 Å². The van der Waals surface area contributed by atoms with Crippen molar-refractivity contribution in [1.82, 2.24) is 44.6 Å². The summed E-state index contributed by atoms with van der Waals surface area (Å²) in [5, 5.41) is 7.62. The van der Waals surface area contributed by atoms with E-state index in [0.29, 0.717) is 11.5 Å². The quantitative estimate of drug-likeness (QED) is 0.454. The van der Waals surface area contributed by atoms with Gasteiger partial charge >= 0.3 is 0 Å². The summed E-state index contributed by atoms with van der Waals surface area (Å²) in [6.07, 6.45) is 5.57. The Morgan fingerprint density at radius 3 is 2.53 bits per heavy atom. The van der Waals surface area contributed by atoms with Gasteiger partial charge in [-0.1, -0.05) is 0 Å². The topological polar surface area (TPSA) is 107 Å². The van der Waals surface area contributed by atoms with Crippen molar-refractivity contribution in [3.63, 3.8) is 0 Å². The molecule has 0 radical (unpaired) electrons. The number of hydrogen-bond acceptors (Lipinski definition) is 7. The molecule has 0 amide bonds.